The molecule has 4 heavy (non-hydrogen) atoms. The van der Waals surface area contributed by atoms with Crippen LogP contribution in [-0.4, -0.2) is 5.48 Å². The molecule has 0 fully saturated rings. The van der Waals surface area contributed by atoms with Gasteiger partial charge in [-0.2, -0.15) is 0 Å². The summed E-state index contributed by atoms with van der Waals surface area (Å²) in [5.41, 5.74) is 0. The van der Waals surface area contributed by atoms with E-state index < -0.39 is 0 Å². The molecule has 0 aromatic rings. The van der Waals surface area contributed by atoms with Crippen LogP contribution in [-0.2, 0) is 21.1 Å². The summed E-state index contributed by atoms with van der Waals surface area (Å²) in [6.45, 7) is 0. The molecule has 1 nitrogen and oxygen atoms in total. The first kappa shape index (κ1) is 23.3. The zero-order valence-electron chi connectivity index (χ0n) is 4.91. The van der Waals surface area contributed by atoms with Crippen molar-refractivity contribution >= 4 is 0 Å². The second-order valence-corrected chi connectivity index (χ2v) is 0. The Balaban J connectivity index is 0. The summed E-state index contributed by atoms with van der Waals surface area (Å²) >= 11 is 0. The third kappa shape index (κ3) is 9.89. The average molecular weight is 470 g/mol. The van der Waals surface area contributed by atoms with E-state index in [1.807, 2.05) is 0 Å². The van der Waals surface area contributed by atoms with Gasteiger partial charge in [-0.1, -0.05) is 0 Å². The molecule has 0 spiro atoms. The quantitative estimate of drug-likeness (QED) is 0.338. The number of hydrogen-bond donors (Lipinski definition) is 0. The molecule has 0 radical (unpaired) electrons. The fourth-order valence-electron chi connectivity index (χ4n) is 0. The molecule has 0 saturated heterocycles. The van der Waals surface area contributed by atoms with Gasteiger partial charge in [0.15, 0.2) is 0 Å². The molecule has 0 aliphatic rings. The van der Waals surface area contributed by atoms with Crippen LogP contribution < -0.4 is 138 Å². The summed E-state index contributed by atoms with van der Waals surface area (Å²) in [5, 5.41) is 0. The van der Waals surface area contributed by atoms with E-state index in [2.05, 4.69) is 0 Å². The summed E-state index contributed by atoms with van der Waals surface area (Å²) < 4.78 is 0. The first-order valence-corrected chi connectivity index (χ1v) is 0. The molecule has 18 valence electrons. The van der Waals surface area contributed by atoms with Gasteiger partial charge in [-0.25, -0.2) is 0 Å². The van der Waals surface area contributed by atoms with Crippen LogP contribution in [0, 0.1) is 0 Å². The van der Waals surface area contributed by atoms with Crippen LogP contribution in [0.25, 0.3) is 0 Å². The van der Waals surface area contributed by atoms with Gasteiger partial charge in [-0.3, -0.25) is 0 Å². The van der Waals surface area contributed by atoms with Crippen LogP contribution in [0.15, 0.2) is 0 Å². The molecule has 0 atom stereocenters. The summed E-state index contributed by atoms with van der Waals surface area (Å²) in [5.74, 6) is 0. The molecule has 0 aliphatic carbocycles. The Hall–Kier alpha value is 4.75. The van der Waals surface area contributed by atoms with Gasteiger partial charge < -0.3 is 8.33 Å². The molecule has 0 heterocycles. The van der Waals surface area contributed by atoms with E-state index in [-0.39, 0.29) is 167 Å². The smallest absolute Gasteiger partial charge is 1.00 e. The Labute approximate surface area is 161 Å². The van der Waals surface area contributed by atoms with Crippen molar-refractivity contribution in [3.8, 4) is 0 Å². The van der Waals surface area contributed by atoms with Crippen molar-refractivity contribution in [3.05, 3.63) is 0 Å². The van der Waals surface area contributed by atoms with Crippen LogP contribution in [0.5, 0.6) is 0 Å². The van der Waals surface area contributed by atoms with Crippen LogP contribution in [0.4, 0.5) is 0 Å². The van der Waals surface area contributed by atoms with Crippen molar-refractivity contribution in [2.45, 2.75) is 0 Å². The zero-order chi connectivity index (χ0) is 0. The van der Waals surface area contributed by atoms with Gasteiger partial charge in [-0.05, 0) is 0 Å². The second-order valence-electron chi connectivity index (χ2n) is 0. The molecule has 0 bridgehead atoms. The second kappa shape index (κ2) is 15.7. The van der Waals surface area contributed by atoms with Gasteiger partial charge in [-0.15, -0.1) is 0 Å². The fraction of sp³-hybridized carbons (Fsp3) is 0. The summed E-state index contributed by atoms with van der Waals surface area (Å²) in [4.78, 5) is 0. The normalized spacial score (nSPS) is 0. The molecule has 0 unspecified atom stereocenters. The molecule has 4 heteroatoms. The number of rotatable bonds is 0. The van der Waals surface area contributed by atoms with Crippen LogP contribution >= 0.6 is 0 Å². The molecule has 0 amide bonds. The molecule has 0 aromatic carbocycles. The van der Waals surface area contributed by atoms with E-state index in [0.717, 1.165) is 0 Å². The standard InChI is InChI=1S/2Cs.H2O.W.2H/h;;1H2;;;/q2*+1;;;2*-1. The van der Waals surface area contributed by atoms with E-state index in [1.54, 1.807) is 0 Å². The molecular weight excluding hydrogens is 466 g/mol. The van der Waals surface area contributed by atoms with Crippen molar-refractivity contribution < 1.29 is 167 Å². The Kier molecular flexibility index (Phi) is 91.1. The fourth-order valence-corrected chi connectivity index (χ4v) is 0. The van der Waals surface area contributed by atoms with E-state index in [9.17, 15) is 0 Å². The topological polar surface area (TPSA) is 31.5 Å². The molecule has 2 N–H and O–H groups in total. The predicted octanol–water partition coefficient (Wildman–Crippen LogP) is -6.59. The maximum absolute atomic E-state index is 0. The van der Waals surface area contributed by atoms with Gasteiger partial charge >= 0.3 is 138 Å². The Morgan fingerprint density at radius 2 is 1.00 bits per heavy atom. The minimum Gasteiger partial charge on any atom is -1.00 e. The summed E-state index contributed by atoms with van der Waals surface area (Å²) in [6, 6.07) is 0. The molecule has 0 aromatic heterocycles. The van der Waals surface area contributed by atoms with Gasteiger partial charge in [0.1, 0.15) is 0 Å². The Morgan fingerprint density at radius 1 is 1.00 bits per heavy atom. The van der Waals surface area contributed by atoms with Crippen LogP contribution in [0.3, 0.4) is 0 Å². The van der Waals surface area contributed by atoms with E-state index in [0.29, 0.717) is 0 Å². The van der Waals surface area contributed by atoms with E-state index >= 15 is 0 Å². The van der Waals surface area contributed by atoms with Crippen molar-refractivity contribution in [1.29, 1.82) is 0 Å². The van der Waals surface area contributed by atoms with Crippen molar-refractivity contribution in [1.82, 2.24) is 0 Å². The van der Waals surface area contributed by atoms with Crippen LogP contribution in [0.2, 0.25) is 0 Å². The minimum atomic E-state index is 0. The van der Waals surface area contributed by atoms with E-state index in [4.69, 9.17) is 0 Å². The molecular formula is H4Cs2OW. The number of hydrogen-bond acceptors (Lipinski definition) is 0. The maximum atomic E-state index is 0. The molecule has 0 saturated carbocycles. The Bertz CT molecular complexity index is 11.5. The SMILES string of the molecule is O.[Cs+].[Cs+].[H-].[H-].[W]. The van der Waals surface area contributed by atoms with Gasteiger partial charge in [0.25, 0.3) is 0 Å². The summed E-state index contributed by atoms with van der Waals surface area (Å²) in [7, 11) is 0. The van der Waals surface area contributed by atoms with Gasteiger partial charge in [0, 0.05) is 21.1 Å². The van der Waals surface area contributed by atoms with Crippen LogP contribution in [0.1, 0.15) is 2.85 Å². The van der Waals surface area contributed by atoms with Crippen molar-refractivity contribution in [2.75, 3.05) is 0 Å². The molecule has 0 aliphatic heterocycles. The van der Waals surface area contributed by atoms with E-state index in [1.165, 1.54) is 0 Å². The van der Waals surface area contributed by atoms with Gasteiger partial charge in [0.2, 0.25) is 0 Å². The summed E-state index contributed by atoms with van der Waals surface area (Å²) in [6.07, 6.45) is 0. The third-order valence-electron chi connectivity index (χ3n) is 0. The first-order valence-electron chi connectivity index (χ1n) is 0. The first-order chi connectivity index (χ1) is 0. The average Bonchev–Trinajstić information content (AvgIpc) is 0. The van der Waals surface area contributed by atoms with Crippen molar-refractivity contribution in [2.24, 2.45) is 0 Å². The Morgan fingerprint density at radius 3 is 1.00 bits per heavy atom. The monoisotopic (exact) mass is 470 g/mol. The minimum absolute atomic E-state index is 0. The largest absolute Gasteiger partial charge is 1.00 e. The third-order valence-corrected chi connectivity index (χ3v) is 0. The zero-order valence-corrected chi connectivity index (χ0v) is 18.4. The predicted molar refractivity (Wildman–Crippen MR) is 5.84 cm³/mol. The van der Waals surface area contributed by atoms with Gasteiger partial charge in [0.05, 0.1) is 0 Å². The maximum Gasteiger partial charge on any atom is 1.00 e. The van der Waals surface area contributed by atoms with Crippen molar-refractivity contribution in [3.63, 3.8) is 0 Å². The molecule has 0 rings (SSSR count).